The number of rotatable bonds is 6. The fraction of sp³-hybridized carbons (Fsp3) is 0.176. The second kappa shape index (κ2) is 8.00. The first kappa shape index (κ1) is 18.1. The van der Waals surface area contributed by atoms with E-state index in [0.717, 1.165) is 5.56 Å². The van der Waals surface area contributed by atoms with Gasteiger partial charge in [0.1, 0.15) is 0 Å². The fourth-order valence-corrected chi connectivity index (χ4v) is 2.80. The molecule has 0 aromatic heterocycles. The molecule has 2 aromatic rings. The van der Waals surface area contributed by atoms with Crippen LogP contribution in [0.1, 0.15) is 15.9 Å². The molecule has 2 N–H and O–H groups in total. The van der Waals surface area contributed by atoms with Crippen LogP contribution in [0.25, 0.3) is 0 Å². The van der Waals surface area contributed by atoms with Crippen molar-refractivity contribution in [3.63, 3.8) is 0 Å². The van der Waals surface area contributed by atoms with Gasteiger partial charge in [0.25, 0.3) is 5.91 Å². The molecule has 0 atom stereocenters. The minimum atomic E-state index is -1.06. The molecular weight excluding hydrogens is 425 g/mol. The number of hydrogen-bond donors (Lipinski definition) is 2. The molecule has 1 amide bonds. The van der Waals surface area contributed by atoms with Crippen molar-refractivity contribution in [1.82, 2.24) is 0 Å². The maximum atomic E-state index is 12.0. The first-order valence-corrected chi connectivity index (χ1v) is 8.08. The number of aromatic carboxylic acids is 1. The Kier molecular flexibility index (Phi) is 6.02. The Balaban J connectivity index is 2.08. The summed E-state index contributed by atoms with van der Waals surface area (Å²) in [7, 11) is 1.41. The summed E-state index contributed by atoms with van der Waals surface area (Å²) in [6, 6.07) is 10.2. The fourth-order valence-electron chi connectivity index (χ4n) is 2.04. The van der Waals surface area contributed by atoms with Gasteiger partial charge in [-0.15, -0.1) is 0 Å². The van der Waals surface area contributed by atoms with Crippen molar-refractivity contribution < 1.29 is 24.2 Å². The van der Waals surface area contributed by atoms with Crippen molar-refractivity contribution in [2.45, 2.75) is 6.92 Å². The molecule has 0 aliphatic heterocycles. The van der Waals surface area contributed by atoms with Gasteiger partial charge in [0.2, 0.25) is 0 Å². The molecule has 0 fully saturated rings. The summed E-state index contributed by atoms with van der Waals surface area (Å²) in [5.74, 6) is -0.777. The summed E-state index contributed by atoms with van der Waals surface area (Å²) in [5, 5.41) is 11.8. The molecule has 7 heteroatoms. The number of carboxylic acid groups (broad SMARTS) is 1. The second-order valence-electron chi connectivity index (χ2n) is 5.00. The molecule has 0 aliphatic rings. The molecule has 0 aliphatic carbocycles. The quantitative estimate of drug-likeness (QED) is 0.673. The molecule has 0 bridgehead atoms. The number of aryl methyl sites for hydroxylation is 1. The predicted molar refractivity (Wildman–Crippen MR) is 98.0 cm³/mol. The van der Waals surface area contributed by atoms with E-state index in [0.29, 0.717) is 15.0 Å². The van der Waals surface area contributed by atoms with Crippen LogP contribution >= 0.6 is 22.6 Å². The highest BCUT2D eigenvalue weighted by Gasteiger charge is 2.16. The van der Waals surface area contributed by atoms with Crippen LogP contribution in [-0.4, -0.2) is 30.7 Å². The lowest BCUT2D eigenvalue weighted by Crippen LogP contribution is -2.20. The van der Waals surface area contributed by atoms with Crippen LogP contribution in [0, 0.1) is 10.5 Å². The molecular formula is C17H16INO5. The topological polar surface area (TPSA) is 84.9 Å². The molecule has 0 saturated carbocycles. The molecule has 126 valence electrons. The normalized spacial score (nSPS) is 10.1. The lowest BCUT2D eigenvalue weighted by atomic mass is 10.2. The maximum absolute atomic E-state index is 12.0. The van der Waals surface area contributed by atoms with Crippen LogP contribution in [0.5, 0.6) is 11.5 Å². The van der Waals surface area contributed by atoms with E-state index in [1.165, 1.54) is 19.2 Å². The Morgan fingerprint density at radius 2 is 2.00 bits per heavy atom. The Morgan fingerprint density at radius 1 is 1.25 bits per heavy atom. The van der Waals surface area contributed by atoms with E-state index in [-0.39, 0.29) is 23.8 Å². The van der Waals surface area contributed by atoms with Crippen molar-refractivity contribution in [2.75, 3.05) is 19.0 Å². The van der Waals surface area contributed by atoms with Gasteiger partial charge < -0.3 is 19.9 Å². The Morgan fingerprint density at radius 3 is 2.62 bits per heavy atom. The van der Waals surface area contributed by atoms with E-state index < -0.39 is 5.97 Å². The minimum absolute atomic E-state index is 0.0906. The van der Waals surface area contributed by atoms with Crippen LogP contribution in [0.2, 0.25) is 0 Å². The number of carbonyl (C=O) groups excluding carboxylic acids is 1. The maximum Gasteiger partial charge on any atom is 0.335 e. The van der Waals surface area contributed by atoms with Crippen molar-refractivity contribution in [1.29, 1.82) is 0 Å². The monoisotopic (exact) mass is 441 g/mol. The first-order valence-electron chi connectivity index (χ1n) is 7.01. The molecule has 24 heavy (non-hydrogen) atoms. The van der Waals surface area contributed by atoms with E-state index >= 15 is 0 Å². The number of hydrogen-bond acceptors (Lipinski definition) is 4. The van der Waals surface area contributed by atoms with Gasteiger partial charge in [0, 0.05) is 5.69 Å². The highest BCUT2D eigenvalue weighted by molar-refractivity contribution is 14.1. The van der Waals surface area contributed by atoms with Gasteiger partial charge in [0.15, 0.2) is 18.1 Å². The summed E-state index contributed by atoms with van der Waals surface area (Å²) in [4.78, 5) is 23.1. The van der Waals surface area contributed by atoms with Crippen molar-refractivity contribution in [3.8, 4) is 11.5 Å². The molecule has 0 radical (unpaired) electrons. The minimum Gasteiger partial charge on any atom is -0.493 e. The van der Waals surface area contributed by atoms with Crippen molar-refractivity contribution in [2.24, 2.45) is 0 Å². The van der Waals surface area contributed by atoms with Gasteiger partial charge in [-0.25, -0.2) is 4.79 Å². The first-order chi connectivity index (χ1) is 11.4. The third kappa shape index (κ3) is 4.60. The average Bonchev–Trinajstić information content (AvgIpc) is 2.52. The Labute approximate surface area is 152 Å². The zero-order valence-electron chi connectivity index (χ0n) is 13.1. The summed E-state index contributed by atoms with van der Waals surface area (Å²) in [6.45, 7) is 1.72. The van der Waals surface area contributed by atoms with E-state index in [1.807, 2.05) is 47.7 Å². The van der Waals surface area contributed by atoms with E-state index in [4.69, 9.17) is 14.6 Å². The SMILES string of the molecule is COc1cc(C(=O)O)cc(I)c1OCC(=O)Nc1cccc(C)c1. The number of ether oxygens (including phenoxy) is 2. The van der Waals surface area contributed by atoms with Gasteiger partial charge in [-0.1, -0.05) is 12.1 Å². The Bertz CT molecular complexity index is 776. The van der Waals surface area contributed by atoms with Gasteiger partial charge in [-0.05, 0) is 59.3 Å². The summed E-state index contributed by atoms with van der Waals surface area (Å²) in [5.41, 5.74) is 1.81. The molecule has 0 unspecified atom stereocenters. The highest BCUT2D eigenvalue weighted by Crippen LogP contribution is 2.34. The lowest BCUT2D eigenvalue weighted by Gasteiger charge is -2.13. The number of carbonyl (C=O) groups is 2. The number of nitrogens with one attached hydrogen (secondary N) is 1. The number of anilines is 1. The molecule has 0 spiro atoms. The molecule has 2 rings (SSSR count). The third-order valence-corrected chi connectivity index (χ3v) is 3.93. The van der Waals surface area contributed by atoms with Crippen molar-refractivity contribution in [3.05, 3.63) is 51.1 Å². The number of methoxy groups -OCH3 is 1. The van der Waals surface area contributed by atoms with Crippen LogP contribution in [-0.2, 0) is 4.79 Å². The number of benzene rings is 2. The standard InChI is InChI=1S/C17H16INO5/c1-10-4-3-5-12(6-10)19-15(20)9-24-16-13(18)7-11(17(21)22)8-14(16)23-2/h3-8H,9H2,1-2H3,(H,19,20)(H,21,22). The third-order valence-electron chi connectivity index (χ3n) is 3.13. The lowest BCUT2D eigenvalue weighted by molar-refractivity contribution is -0.118. The zero-order valence-corrected chi connectivity index (χ0v) is 15.3. The van der Waals surface area contributed by atoms with Crippen LogP contribution in [0.4, 0.5) is 5.69 Å². The van der Waals surface area contributed by atoms with Gasteiger partial charge in [0.05, 0.1) is 16.2 Å². The summed E-state index contributed by atoms with van der Waals surface area (Å²) >= 11 is 1.94. The van der Waals surface area contributed by atoms with Gasteiger partial charge in [-0.2, -0.15) is 0 Å². The Hall–Kier alpha value is -2.29. The van der Waals surface area contributed by atoms with E-state index in [9.17, 15) is 9.59 Å². The number of amides is 1. The summed E-state index contributed by atoms with van der Waals surface area (Å²) in [6.07, 6.45) is 0. The largest absolute Gasteiger partial charge is 0.493 e. The number of halogens is 1. The van der Waals surface area contributed by atoms with Gasteiger partial charge in [-0.3, -0.25) is 4.79 Å². The second-order valence-corrected chi connectivity index (χ2v) is 6.16. The van der Waals surface area contributed by atoms with Crippen LogP contribution < -0.4 is 14.8 Å². The average molecular weight is 441 g/mol. The van der Waals surface area contributed by atoms with Crippen LogP contribution in [0.3, 0.4) is 0 Å². The van der Waals surface area contributed by atoms with Gasteiger partial charge >= 0.3 is 5.97 Å². The molecule has 0 heterocycles. The van der Waals surface area contributed by atoms with Crippen molar-refractivity contribution >= 4 is 40.2 Å². The number of carboxylic acids is 1. The van der Waals surface area contributed by atoms with E-state index in [2.05, 4.69) is 5.32 Å². The smallest absolute Gasteiger partial charge is 0.335 e. The van der Waals surface area contributed by atoms with E-state index in [1.54, 1.807) is 6.07 Å². The zero-order chi connectivity index (χ0) is 17.7. The van der Waals surface area contributed by atoms with Crippen LogP contribution in [0.15, 0.2) is 36.4 Å². The molecule has 2 aromatic carbocycles. The predicted octanol–water partition coefficient (Wildman–Crippen LogP) is 3.32. The molecule has 6 nitrogen and oxygen atoms in total. The highest BCUT2D eigenvalue weighted by atomic mass is 127. The summed E-state index contributed by atoms with van der Waals surface area (Å²) < 4.78 is 11.2. The molecule has 0 saturated heterocycles.